The van der Waals surface area contributed by atoms with Crippen molar-refractivity contribution in [1.82, 2.24) is 4.90 Å². The molecule has 1 saturated heterocycles. The average Bonchev–Trinajstić information content (AvgIpc) is 2.87. The molecule has 6 heteroatoms. The van der Waals surface area contributed by atoms with Crippen molar-refractivity contribution in [3.8, 4) is 6.07 Å². The average molecular weight is 314 g/mol. The molecular weight excluding hydrogens is 294 g/mol. The van der Waals surface area contributed by atoms with Crippen molar-refractivity contribution in [2.24, 2.45) is 0 Å². The molecule has 2 heterocycles. The third kappa shape index (κ3) is 3.95. The van der Waals surface area contributed by atoms with Gasteiger partial charge in [-0.25, -0.2) is 0 Å². The summed E-state index contributed by atoms with van der Waals surface area (Å²) in [6.07, 6.45) is 4.26. The van der Waals surface area contributed by atoms with Gasteiger partial charge in [0, 0.05) is 0 Å². The molecule has 1 aromatic rings. The van der Waals surface area contributed by atoms with Crippen LogP contribution in [0.15, 0.2) is 11.4 Å². The van der Waals surface area contributed by atoms with E-state index in [2.05, 4.69) is 23.2 Å². The van der Waals surface area contributed by atoms with E-state index in [0.29, 0.717) is 10.6 Å². The minimum Gasteiger partial charge on any atom is -0.315 e. The lowest BCUT2D eigenvalue weighted by Crippen LogP contribution is -2.47. The first kappa shape index (κ1) is 17.0. The van der Waals surface area contributed by atoms with Crippen molar-refractivity contribution in [3.05, 3.63) is 17.0 Å². The second kappa shape index (κ2) is 8.25. The highest BCUT2D eigenvalue weighted by Gasteiger charge is 2.28. The van der Waals surface area contributed by atoms with Crippen LogP contribution in [0.25, 0.3) is 0 Å². The molecule has 1 aromatic heterocycles. The van der Waals surface area contributed by atoms with Crippen molar-refractivity contribution in [3.63, 3.8) is 0 Å². The highest BCUT2D eigenvalue weighted by Crippen LogP contribution is 2.24. The highest BCUT2D eigenvalue weighted by atomic mass is 35.5. The largest absolute Gasteiger partial charge is 0.315 e. The summed E-state index contributed by atoms with van der Waals surface area (Å²) in [7, 11) is 0. The number of amides is 1. The molecule has 1 fully saturated rings. The van der Waals surface area contributed by atoms with Gasteiger partial charge in [-0.1, -0.05) is 13.3 Å². The van der Waals surface area contributed by atoms with Gasteiger partial charge < -0.3 is 5.32 Å². The smallest absolute Gasteiger partial charge is 0.242 e. The van der Waals surface area contributed by atoms with Crippen molar-refractivity contribution < 1.29 is 4.79 Å². The van der Waals surface area contributed by atoms with Crippen LogP contribution in [0.2, 0.25) is 0 Å². The zero-order chi connectivity index (χ0) is 13.7. The molecule has 0 radical (unpaired) electrons. The van der Waals surface area contributed by atoms with Gasteiger partial charge in [0.25, 0.3) is 0 Å². The van der Waals surface area contributed by atoms with Gasteiger partial charge in [0.2, 0.25) is 5.91 Å². The molecule has 4 nitrogen and oxygen atoms in total. The molecule has 20 heavy (non-hydrogen) atoms. The van der Waals surface area contributed by atoms with Crippen LogP contribution in [0.4, 0.5) is 5.00 Å². The van der Waals surface area contributed by atoms with Gasteiger partial charge in [0.1, 0.15) is 11.1 Å². The lowest BCUT2D eigenvalue weighted by Gasteiger charge is -2.34. The van der Waals surface area contributed by atoms with Crippen molar-refractivity contribution in [1.29, 1.82) is 5.26 Å². The Morgan fingerprint density at radius 3 is 3.10 bits per heavy atom. The number of hydrogen-bond acceptors (Lipinski definition) is 4. The maximum atomic E-state index is 12.4. The number of rotatable bonds is 4. The Morgan fingerprint density at radius 2 is 2.40 bits per heavy atom. The van der Waals surface area contributed by atoms with Crippen LogP contribution >= 0.6 is 23.7 Å². The van der Waals surface area contributed by atoms with Crippen molar-refractivity contribution in [2.45, 2.75) is 38.6 Å². The second-order valence-corrected chi connectivity index (χ2v) is 5.73. The van der Waals surface area contributed by atoms with Gasteiger partial charge >= 0.3 is 0 Å². The number of nitrogens with zero attached hydrogens (tertiary/aromatic N) is 2. The van der Waals surface area contributed by atoms with Crippen LogP contribution in [-0.2, 0) is 4.79 Å². The summed E-state index contributed by atoms with van der Waals surface area (Å²) in [4.78, 5) is 14.6. The molecule has 110 valence electrons. The third-order valence-corrected chi connectivity index (χ3v) is 4.28. The molecule has 1 atom stereocenters. The second-order valence-electron chi connectivity index (χ2n) is 4.81. The van der Waals surface area contributed by atoms with E-state index in [1.807, 2.05) is 5.38 Å². The first-order valence-corrected chi connectivity index (χ1v) is 7.66. The summed E-state index contributed by atoms with van der Waals surface area (Å²) >= 11 is 1.41. The van der Waals surface area contributed by atoms with Gasteiger partial charge in [-0.2, -0.15) is 5.26 Å². The van der Waals surface area contributed by atoms with Crippen LogP contribution in [0.5, 0.6) is 0 Å². The summed E-state index contributed by atoms with van der Waals surface area (Å²) in [5, 5.41) is 14.4. The Kier molecular flexibility index (Phi) is 7.00. The van der Waals surface area contributed by atoms with Gasteiger partial charge in [0.15, 0.2) is 0 Å². The highest BCUT2D eigenvalue weighted by molar-refractivity contribution is 7.14. The monoisotopic (exact) mass is 313 g/mol. The van der Waals surface area contributed by atoms with E-state index in [9.17, 15) is 4.79 Å². The molecule has 1 amide bonds. The fourth-order valence-electron chi connectivity index (χ4n) is 2.53. The van der Waals surface area contributed by atoms with Crippen LogP contribution in [-0.4, -0.2) is 29.9 Å². The standard InChI is InChI=1S/C14H19N3OS.ClH/c1-2-7-17-8-4-3-5-12(17)13(18)16-14-11(10-15)6-9-19-14;/h6,9,12H,2-5,7-8H2,1H3,(H,16,18);1H. The molecule has 0 saturated carbocycles. The summed E-state index contributed by atoms with van der Waals surface area (Å²) in [6, 6.07) is 3.80. The topological polar surface area (TPSA) is 56.1 Å². The van der Waals surface area contributed by atoms with Crippen LogP contribution < -0.4 is 5.32 Å². The minimum atomic E-state index is -0.0395. The van der Waals surface area contributed by atoms with E-state index < -0.39 is 0 Å². The predicted molar refractivity (Wildman–Crippen MR) is 84.4 cm³/mol. The Hall–Kier alpha value is -1.09. The van der Waals surface area contributed by atoms with E-state index in [0.717, 1.165) is 32.4 Å². The molecule has 0 spiro atoms. The van der Waals surface area contributed by atoms with Gasteiger partial charge in [-0.15, -0.1) is 23.7 Å². The zero-order valence-electron chi connectivity index (χ0n) is 11.6. The molecule has 1 aliphatic rings. The van der Waals surface area contributed by atoms with Crippen molar-refractivity contribution in [2.75, 3.05) is 18.4 Å². The van der Waals surface area contributed by atoms with E-state index in [-0.39, 0.29) is 24.4 Å². The number of anilines is 1. The van der Waals surface area contributed by atoms with Crippen LogP contribution in [0.1, 0.15) is 38.2 Å². The lowest BCUT2D eigenvalue weighted by molar-refractivity contribution is -0.122. The fourth-order valence-corrected chi connectivity index (χ4v) is 3.27. The number of carbonyl (C=O) groups is 1. The predicted octanol–water partition coefficient (Wildman–Crippen LogP) is 3.24. The maximum absolute atomic E-state index is 12.4. The quantitative estimate of drug-likeness (QED) is 0.928. The molecule has 2 rings (SSSR count). The number of nitriles is 1. The number of halogens is 1. The van der Waals surface area contributed by atoms with E-state index >= 15 is 0 Å². The Balaban J connectivity index is 0.00000200. The summed E-state index contributed by atoms with van der Waals surface area (Å²) in [5.41, 5.74) is 0.552. The van der Waals surface area contributed by atoms with Gasteiger partial charge in [-0.3, -0.25) is 9.69 Å². The first-order valence-electron chi connectivity index (χ1n) is 6.78. The lowest BCUT2D eigenvalue weighted by atomic mass is 10.0. The van der Waals surface area contributed by atoms with Crippen molar-refractivity contribution >= 4 is 34.7 Å². The molecule has 0 bridgehead atoms. The number of piperidine rings is 1. The molecule has 0 aliphatic carbocycles. The maximum Gasteiger partial charge on any atom is 0.242 e. The molecule has 1 aliphatic heterocycles. The molecule has 1 N–H and O–H groups in total. The molecular formula is C14H20ClN3OS. The normalized spacial score (nSPS) is 18.9. The Morgan fingerprint density at radius 1 is 1.60 bits per heavy atom. The van der Waals surface area contributed by atoms with Crippen LogP contribution in [0.3, 0.4) is 0 Å². The summed E-state index contributed by atoms with van der Waals surface area (Å²) < 4.78 is 0. The Bertz CT molecular complexity index is 481. The SMILES string of the molecule is CCCN1CCCCC1C(=O)Nc1sccc1C#N.Cl. The number of hydrogen-bond donors (Lipinski definition) is 1. The van der Waals surface area contributed by atoms with E-state index in [4.69, 9.17) is 5.26 Å². The van der Waals surface area contributed by atoms with E-state index in [1.165, 1.54) is 17.8 Å². The molecule has 1 unspecified atom stereocenters. The fraction of sp³-hybridized carbons (Fsp3) is 0.571. The van der Waals surface area contributed by atoms with Gasteiger partial charge in [0.05, 0.1) is 11.6 Å². The number of likely N-dealkylation sites (tertiary alicyclic amines) is 1. The number of nitrogens with one attached hydrogen (secondary N) is 1. The van der Waals surface area contributed by atoms with E-state index in [1.54, 1.807) is 6.07 Å². The number of carbonyl (C=O) groups excluding carboxylic acids is 1. The summed E-state index contributed by atoms with van der Waals surface area (Å²) in [6.45, 7) is 4.10. The first-order chi connectivity index (χ1) is 9.26. The zero-order valence-corrected chi connectivity index (χ0v) is 13.2. The Labute approximate surface area is 130 Å². The third-order valence-electron chi connectivity index (χ3n) is 3.45. The number of thiophene rings is 1. The van der Waals surface area contributed by atoms with Gasteiger partial charge in [-0.05, 0) is 43.8 Å². The summed E-state index contributed by atoms with van der Waals surface area (Å²) in [5.74, 6) is 0.0344. The minimum absolute atomic E-state index is 0. The van der Waals surface area contributed by atoms with Crippen LogP contribution in [0, 0.1) is 11.3 Å². The molecule has 0 aromatic carbocycles.